The molecule has 1 unspecified atom stereocenters. The largest absolute Gasteiger partial charge is 0.412 e. The number of fused-ring (bicyclic) bond motifs is 1. The summed E-state index contributed by atoms with van der Waals surface area (Å²) in [4.78, 5) is 22.9. The van der Waals surface area contributed by atoms with Crippen LogP contribution < -0.4 is 15.8 Å². The van der Waals surface area contributed by atoms with Gasteiger partial charge in [-0.05, 0) is 78.9 Å². The molecule has 42 heavy (non-hydrogen) atoms. The van der Waals surface area contributed by atoms with Crippen molar-refractivity contribution in [1.29, 1.82) is 0 Å². The zero-order valence-electron chi connectivity index (χ0n) is 25.7. The van der Waals surface area contributed by atoms with E-state index in [1.807, 2.05) is 6.79 Å². The Morgan fingerprint density at radius 1 is 1.02 bits per heavy atom. The standard InChI is InChI=1S/C26H38N4O2S.C4H10.CH2O.3H2O.3H2/c27-26(31)25-11-6-15-30(25)16-14-28-19-32-18-24(21-8-2-1-3-9-21)29-33-23-13-12-20-7-4-5-10-22(20)17-23;1-4(2)3;1-2;;;;;;/h4-5,7,10,12-13,17,21,24-25,28-29H,1-3,6,8-9,11,14-16,18-19H2,(H2,27,31);4H,1-3H3;1H2;3*1H2;3*1H/t24-,25?;;;;;;;;/m1......../s1. The molecule has 0 radical (unpaired) electrons. The fourth-order valence-electron chi connectivity index (χ4n) is 5.15. The van der Waals surface area contributed by atoms with Crippen molar-refractivity contribution in [2.75, 3.05) is 33.0 Å². The highest BCUT2D eigenvalue weighted by Gasteiger charge is 2.28. The van der Waals surface area contributed by atoms with E-state index >= 15 is 0 Å². The molecule has 2 fully saturated rings. The average Bonchev–Trinajstić information content (AvgIpc) is 3.42. The number of hydrogen-bond donors (Lipinski definition) is 3. The highest BCUT2D eigenvalue weighted by molar-refractivity contribution is 7.97. The molecule has 1 saturated heterocycles. The number of carbonyl (C=O) groups excluding carboxylic acids is 2. The van der Waals surface area contributed by atoms with E-state index in [0.29, 0.717) is 25.3 Å². The number of nitrogens with one attached hydrogen (secondary N) is 2. The maximum absolute atomic E-state index is 11.5. The van der Waals surface area contributed by atoms with Crippen LogP contribution in [0.1, 0.15) is 70.0 Å². The molecule has 4 rings (SSSR count). The van der Waals surface area contributed by atoms with Crippen LogP contribution in [0, 0.1) is 11.8 Å². The summed E-state index contributed by atoms with van der Waals surface area (Å²) in [7, 11) is 0. The first-order valence-corrected chi connectivity index (χ1v) is 15.3. The smallest absolute Gasteiger partial charge is 0.234 e. The highest BCUT2D eigenvalue weighted by Crippen LogP contribution is 2.29. The molecule has 2 aromatic rings. The number of amides is 1. The van der Waals surface area contributed by atoms with Crippen LogP contribution in [0.3, 0.4) is 0 Å². The molecular formula is C31H62N4O6S. The predicted molar refractivity (Wildman–Crippen MR) is 181 cm³/mol. The van der Waals surface area contributed by atoms with Gasteiger partial charge in [0.15, 0.2) is 0 Å². The number of hydrogen-bond acceptors (Lipinski definition) is 7. The van der Waals surface area contributed by atoms with Gasteiger partial charge in [-0.3, -0.25) is 19.7 Å². The first kappa shape index (κ1) is 42.0. The lowest BCUT2D eigenvalue weighted by Gasteiger charge is -2.30. The number of nitrogens with zero attached hydrogens (tertiary/aromatic N) is 1. The van der Waals surface area contributed by atoms with Crippen molar-refractivity contribution in [2.24, 2.45) is 17.6 Å². The van der Waals surface area contributed by atoms with E-state index < -0.39 is 0 Å². The molecule has 1 amide bonds. The molecule has 2 aromatic carbocycles. The minimum atomic E-state index is -0.200. The van der Waals surface area contributed by atoms with E-state index in [4.69, 9.17) is 15.3 Å². The number of ether oxygens (including phenoxy) is 1. The molecular weight excluding hydrogens is 556 g/mol. The van der Waals surface area contributed by atoms with Crippen molar-refractivity contribution >= 4 is 35.4 Å². The molecule has 1 saturated carbocycles. The maximum Gasteiger partial charge on any atom is 0.234 e. The molecule has 11 heteroatoms. The maximum atomic E-state index is 11.5. The summed E-state index contributed by atoms with van der Waals surface area (Å²) >= 11 is 1.72. The molecule has 0 spiro atoms. The molecule has 0 aromatic heterocycles. The monoisotopic (exact) mass is 618 g/mol. The number of likely N-dealkylation sites (tertiary alicyclic amines) is 1. The van der Waals surface area contributed by atoms with Crippen LogP contribution >= 0.6 is 11.9 Å². The Kier molecular flexibility index (Phi) is 24.4. The zero-order valence-corrected chi connectivity index (χ0v) is 26.5. The molecule has 1 heterocycles. The minimum absolute atomic E-state index is 0. The molecule has 248 valence electrons. The van der Waals surface area contributed by atoms with E-state index in [-0.39, 0.29) is 32.7 Å². The number of benzene rings is 2. The normalized spacial score (nSPS) is 17.4. The van der Waals surface area contributed by atoms with Crippen LogP contribution in [0.25, 0.3) is 10.8 Å². The van der Waals surface area contributed by atoms with Crippen LogP contribution in [0.5, 0.6) is 0 Å². The van der Waals surface area contributed by atoms with E-state index in [2.05, 4.69) is 78.2 Å². The van der Waals surface area contributed by atoms with E-state index in [9.17, 15) is 4.79 Å². The third-order valence-corrected chi connectivity index (χ3v) is 7.95. The fraction of sp³-hybridized carbons (Fsp3) is 0.613. The van der Waals surface area contributed by atoms with E-state index in [1.165, 1.54) is 47.8 Å². The van der Waals surface area contributed by atoms with Gasteiger partial charge in [0.25, 0.3) is 0 Å². The van der Waals surface area contributed by atoms with Crippen molar-refractivity contribution in [1.82, 2.24) is 14.9 Å². The van der Waals surface area contributed by atoms with Crippen LogP contribution in [-0.2, 0) is 14.3 Å². The molecule has 0 bridgehead atoms. The van der Waals surface area contributed by atoms with Crippen LogP contribution in [-0.4, -0.2) is 79.1 Å². The van der Waals surface area contributed by atoms with Gasteiger partial charge < -0.3 is 31.7 Å². The first-order chi connectivity index (χ1) is 18.9. The van der Waals surface area contributed by atoms with E-state index in [0.717, 1.165) is 38.4 Å². The Hall–Kier alpha value is -2.09. The van der Waals surface area contributed by atoms with Gasteiger partial charge in [-0.2, -0.15) is 0 Å². The van der Waals surface area contributed by atoms with Gasteiger partial charge in [0, 0.05) is 28.3 Å². The predicted octanol–water partition coefficient (Wildman–Crippen LogP) is 3.64. The van der Waals surface area contributed by atoms with Gasteiger partial charge in [-0.15, -0.1) is 0 Å². The van der Waals surface area contributed by atoms with Crippen LogP contribution in [0.4, 0.5) is 0 Å². The fourth-order valence-corrected chi connectivity index (χ4v) is 6.02. The van der Waals surface area contributed by atoms with Gasteiger partial charge in [-0.25, -0.2) is 0 Å². The number of primary amides is 1. The average molecular weight is 619 g/mol. The van der Waals surface area contributed by atoms with Crippen molar-refractivity contribution in [3.63, 3.8) is 0 Å². The third-order valence-electron chi connectivity index (χ3n) is 7.04. The summed E-state index contributed by atoms with van der Waals surface area (Å²) in [5.41, 5.74) is 5.51. The topological polar surface area (TPSA) is 191 Å². The molecule has 1 aliphatic heterocycles. The van der Waals surface area contributed by atoms with Crippen molar-refractivity contribution in [3.05, 3.63) is 42.5 Å². The molecule has 2 aliphatic rings. The van der Waals surface area contributed by atoms with Gasteiger partial charge in [0.1, 0.15) is 6.79 Å². The summed E-state index contributed by atoms with van der Waals surface area (Å²) in [6, 6.07) is 15.4. The molecule has 2 atom stereocenters. The number of carbonyl (C=O) groups is 2. The second-order valence-corrected chi connectivity index (χ2v) is 12.0. The Labute approximate surface area is 261 Å². The van der Waals surface area contributed by atoms with Crippen molar-refractivity contribution < 1.29 is 35.0 Å². The Bertz CT molecular complexity index is 977. The summed E-state index contributed by atoms with van der Waals surface area (Å²) < 4.78 is 9.78. The summed E-state index contributed by atoms with van der Waals surface area (Å²) in [5, 5.41) is 5.92. The van der Waals surface area contributed by atoms with Gasteiger partial charge in [-0.1, -0.05) is 70.4 Å². The van der Waals surface area contributed by atoms with E-state index in [1.54, 1.807) is 11.9 Å². The highest BCUT2D eigenvalue weighted by atomic mass is 32.2. The quantitative estimate of drug-likeness (QED) is 0.184. The SMILES string of the molecule is C=O.CC(C)C.NC(=O)C1CCCN1CCNCOC[C@@H](NSc1ccc2ccccc2c1)C1CCCCC1.O.O.O.[HH].[HH].[HH]. The lowest BCUT2D eigenvalue weighted by Crippen LogP contribution is -2.43. The zero-order chi connectivity index (χ0) is 28.5. The van der Waals surface area contributed by atoms with Crippen LogP contribution in [0.15, 0.2) is 47.4 Å². The van der Waals surface area contributed by atoms with Gasteiger partial charge >= 0.3 is 0 Å². The molecule has 10 N–H and O–H groups in total. The van der Waals surface area contributed by atoms with Crippen molar-refractivity contribution in [3.8, 4) is 0 Å². The Morgan fingerprint density at radius 2 is 1.67 bits per heavy atom. The first-order valence-electron chi connectivity index (χ1n) is 14.5. The minimum Gasteiger partial charge on any atom is -0.412 e. The third kappa shape index (κ3) is 15.4. The summed E-state index contributed by atoms with van der Waals surface area (Å²) in [6.45, 7) is 12.3. The lowest BCUT2D eigenvalue weighted by atomic mass is 9.84. The Balaban J connectivity index is -0.000000413. The number of rotatable bonds is 12. The van der Waals surface area contributed by atoms with Gasteiger partial charge in [0.2, 0.25) is 5.91 Å². The number of nitrogens with two attached hydrogens (primary N) is 1. The summed E-state index contributed by atoms with van der Waals surface area (Å²) in [5.74, 6) is 1.29. The molecule has 10 nitrogen and oxygen atoms in total. The van der Waals surface area contributed by atoms with Gasteiger partial charge in [0.05, 0.1) is 19.4 Å². The lowest BCUT2D eigenvalue weighted by molar-refractivity contribution is -0.122. The van der Waals surface area contributed by atoms with Crippen LogP contribution in [0.2, 0.25) is 0 Å². The van der Waals surface area contributed by atoms with Crippen molar-refractivity contribution in [2.45, 2.75) is 82.7 Å². The second kappa shape index (κ2) is 24.4. The Morgan fingerprint density at radius 3 is 2.31 bits per heavy atom. The second-order valence-electron chi connectivity index (χ2n) is 11.1. The molecule has 1 aliphatic carbocycles. The summed E-state index contributed by atoms with van der Waals surface area (Å²) in [6.07, 6.45) is 8.47.